The summed E-state index contributed by atoms with van der Waals surface area (Å²) in [4.78, 5) is 13.1. The molecule has 1 amide bonds. The zero-order valence-corrected chi connectivity index (χ0v) is 12.1. The van der Waals surface area contributed by atoms with Crippen molar-refractivity contribution in [2.75, 3.05) is 33.0 Å². The van der Waals surface area contributed by atoms with E-state index in [9.17, 15) is 13.2 Å². The highest BCUT2D eigenvalue weighted by Crippen LogP contribution is 2.13. The van der Waals surface area contributed by atoms with E-state index < -0.39 is 10.0 Å². The lowest BCUT2D eigenvalue weighted by molar-refractivity contribution is -0.128. The molecule has 0 saturated heterocycles. The number of hydrogen-bond donors (Lipinski definition) is 2. The monoisotopic (exact) mass is 285 g/mol. The Bertz CT molecular complexity index is 524. The van der Waals surface area contributed by atoms with Gasteiger partial charge in [-0.25, -0.2) is 13.1 Å². The summed E-state index contributed by atoms with van der Waals surface area (Å²) in [5.41, 5.74) is 0.779. The van der Waals surface area contributed by atoms with Crippen LogP contribution in [0.5, 0.6) is 0 Å². The standard InChI is InChI=1S/C12H19N3O3S/c1-13-19(17,18)11-6-4-10(5-7-11)14-9-8-12(16)15(2)3/h4-7,13-14H,8-9H2,1-3H3. The molecule has 0 bridgehead atoms. The van der Waals surface area contributed by atoms with Gasteiger partial charge in [0.15, 0.2) is 0 Å². The van der Waals surface area contributed by atoms with Gasteiger partial charge in [-0.3, -0.25) is 4.79 Å². The molecule has 0 aromatic heterocycles. The fourth-order valence-electron chi connectivity index (χ4n) is 1.41. The van der Waals surface area contributed by atoms with Crippen LogP contribution in [-0.2, 0) is 14.8 Å². The van der Waals surface area contributed by atoms with Crippen LogP contribution in [0.1, 0.15) is 6.42 Å². The Hall–Kier alpha value is -1.60. The Labute approximate surface area is 113 Å². The minimum absolute atomic E-state index is 0.0434. The lowest BCUT2D eigenvalue weighted by atomic mass is 10.3. The average Bonchev–Trinajstić information content (AvgIpc) is 2.39. The van der Waals surface area contributed by atoms with E-state index in [1.165, 1.54) is 24.1 Å². The molecular weight excluding hydrogens is 266 g/mol. The quantitative estimate of drug-likeness (QED) is 0.797. The van der Waals surface area contributed by atoms with E-state index in [1.54, 1.807) is 26.2 Å². The molecule has 0 spiro atoms. The van der Waals surface area contributed by atoms with Crippen molar-refractivity contribution < 1.29 is 13.2 Å². The first-order valence-corrected chi connectivity index (χ1v) is 7.33. The van der Waals surface area contributed by atoms with Gasteiger partial charge in [0.05, 0.1) is 4.90 Å². The zero-order valence-electron chi connectivity index (χ0n) is 11.3. The second-order valence-electron chi connectivity index (χ2n) is 4.20. The second kappa shape index (κ2) is 6.53. The Morgan fingerprint density at radius 2 is 1.79 bits per heavy atom. The van der Waals surface area contributed by atoms with Gasteiger partial charge in [-0.15, -0.1) is 0 Å². The lowest BCUT2D eigenvalue weighted by Crippen LogP contribution is -2.23. The fourth-order valence-corrected chi connectivity index (χ4v) is 2.14. The Morgan fingerprint density at radius 1 is 1.21 bits per heavy atom. The van der Waals surface area contributed by atoms with Crippen LogP contribution < -0.4 is 10.0 Å². The number of benzene rings is 1. The second-order valence-corrected chi connectivity index (χ2v) is 6.08. The van der Waals surface area contributed by atoms with Crippen molar-refractivity contribution in [1.82, 2.24) is 9.62 Å². The van der Waals surface area contributed by atoms with E-state index in [0.29, 0.717) is 13.0 Å². The first-order valence-electron chi connectivity index (χ1n) is 5.84. The predicted octanol–water partition coefficient (Wildman–Crippen LogP) is 0.485. The first kappa shape index (κ1) is 15.5. The Balaban J connectivity index is 2.56. The number of carbonyl (C=O) groups is 1. The number of nitrogens with one attached hydrogen (secondary N) is 2. The van der Waals surface area contributed by atoms with Crippen LogP contribution in [0.25, 0.3) is 0 Å². The summed E-state index contributed by atoms with van der Waals surface area (Å²) >= 11 is 0. The third-order valence-electron chi connectivity index (χ3n) is 2.60. The fraction of sp³-hybridized carbons (Fsp3) is 0.417. The maximum Gasteiger partial charge on any atom is 0.240 e. The molecule has 19 heavy (non-hydrogen) atoms. The molecule has 0 atom stereocenters. The van der Waals surface area contributed by atoms with Gasteiger partial charge in [-0.1, -0.05) is 0 Å². The highest BCUT2D eigenvalue weighted by Gasteiger charge is 2.10. The van der Waals surface area contributed by atoms with Crippen molar-refractivity contribution in [2.45, 2.75) is 11.3 Å². The van der Waals surface area contributed by atoms with Crippen LogP contribution in [0.3, 0.4) is 0 Å². The van der Waals surface area contributed by atoms with Gasteiger partial charge < -0.3 is 10.2 Å². The van der Waals surface area contributed by atoms with E-state index in [-0.39, 0.29) is 10.8 Å². The molecule has 106 valence electrons. The molecule has 0 aliphatic heterocycles. The number of amides is 1. The van der Waals surface area contributed by atoms with Crippen molar-refractivity contribution in [2.24, 2.45) is 0 Å². The minimum atomic E-state index is -3.40. The van der Waals surface area contributed by atoms with Crippen molar-refractivity contribution >= 4 is 21.6 Å². The van der Waals surface area contributed by atoms with E-state index >= 15 is 0 Å². The first-order chi connectivity index (χ1) is 8.86. The number of nitrogens with zero attached hydrogens (tertiary/aromatic N) is 1. The Morgan fingerprint density at radius 3 is 2.26 bits per heavy atom. The van der Waals surface area contributed by atoms with Gasteiger partial charge in [-0.2, -0.15) is 0 Å². The molecule has 2 N–H and O–H groups in total. The molecule has 0 aliphatic rings. The van der Waals surface area contributed by atoms with Crippen LogP contribution in [-0.4, -0.2) is 46.9 Å². The van der Waals surface area contributed by atoms with Crippen LogP contribution >= 0.6 is 0 Å². The number of anilines is 1. The summed E-state index contributed by atoms with van der Waals surface area (Å²) < 4.78 is 25.3. The molecule has 1 rings (SSSR count). The van der Waals surface area contributed by atoms with Crippen LogP contribution in [0.2, 0.25) is 0 Å². The summed E-state index contributed by atoms with van der Waals surface area (Å²) in [6.45, 7) is 0.509. The highest BCUT2D eigenvalue weighted by atomic mass is 32.2. The predicted molar refractivity (Wildman–Crippen MR) is 74.5 cm³/mol. The Kier molecular flexibility index (Phi) is 5.31. The summed E-state index contributed by atoms with van der Waals surface area (Å²) in [5.74, 6) is 0.0434. The third kappa shape index (κ3) is 4.53. The van der Waals surface area contributed by atoms with Crippen molar-refractivity contribution in [3.8, 4) is 0 Å². The van der Waals surface area contributed by atoms with Gasteiger partial charge in [0, 0.05) is 32.7 Å². The van der Waals surface area contributed by atoms with Gasteiger partial charge in [-0.05, 0) is 31.3 Å². The van der Waals surface area contributed by atoms with Gasteiger partial charge in [0.2, 0.25) is 15.9 Å². The van der Waals surface area contributed by atoms with Gasteiger partial charge in [0.1, 0.15) is 0 Å². The van der Waals surface area contributed by atoms with Gasteiger partial charge >= 0.3 is 0 Å². The molecule has 0 saturated carbocycles. The SMILES string of the molecule is CNS(=O)(=O)c1ccc(NCCC(=O)N(C)C)cc1. The molecule has 0 heterocycles. The summed E-state index contributed by atoms with van der Waals surface area (Å²) in [5, 5.41) is 3.06. The number of rotatable bonds is 6. The van der Waals surface area contributed by atoms with Crippen LogP contribution in [0, 0.1) is 0 Å². The van der Waals surface area contributed by atoms with E-state index in [4.69, 9.17) is 0 Å². The molecule has 0 unspecified atom stereocenters. The number of hydrogen-bond acceptors (Lipinski definition) is 4. The molecule has 1 aromatic carbocycles. The summed E-state index contributed by atoms with van der Waals surface area (Å²) in [6.07, 6.45) is 0.392. The van der Waals surface area contributed by atoms with Crippen LogP contribution in [0.4, 0.5) is 5.69 Å². The third-order valence-corrected chi connectivity index (χ3v) is 4.03. The van der Waals surface area contributed by atoms with E-state index in [0.717, 1.165) is 5.69 Å². The average molecular weight is 285 g/mol. The minimum Gasteiger partial charge on any atom is -0.385 e. The summed E-state index contributed by atoms with van der Waals surface area (Å²) in [6, 6.07) is 6.37. The largest absolute Gasteiger partial charge is 0.385 e. The van der Waals surface area contributed by atoms with Gasteiger partial charge in [0.25, 0.3) is 0 Å². The highest BCUT2D eigenvalue weighted by molar-refractivity contribution is 7.89. The molecular formula is C12H19N3O3S. The summed E-state index contributed by atoms with van der Waals surface area (Å²) in [7, 11) is 1.39. The zero-order chi connectivity index (χ0) is 14.5. The molecule has 7 heteroatoms. The topological polar surface area (TPSA) is 78.5 Å². The smallest absolute Gasteiger partial charge is 0.240 e. The molecule has 6 nitrogen and oxygen atoms in total. The molecule has 0 aliphatic carbocycles. The lowest BCUT2D eigenvalue weighted by Gasteiger charge is -2.11. The van der Waals surface area contributed by atoms with Crippen molar-refractivity contribution in [3.63, 3.8) is 0 Å². The maximum atomic E-state index is 11.5. The van der Waals surface area contributed by atoms with E-state index in [1.807, 2.05) is 0 Å². The molecule has 0 fully saturated rings. The van der Waals surface area contributed by atoms with E-state index in [2.05, 4.69) is 10.0 Å². The number of carbonyl (C=O) groups excluding carboxylic acids is 1. The number of sulfonamides is 1. The van der Waals surface area contributed by atoms with Crippen molar-refractivity contribution in [1.29, 1.82) is 0 Å². The molecule has 1 aromatic rings. The van der Waals surface area contributed by atoms with Crippen LogP contribution in [0.15, 0.2) is 29.2 Å². The molecule has 0 radical (unpaired) electrons. The normalized spacial score (nSPS) is 11.1. The van der Waals surface area contributed by atoms with Crippen molar-refractivity contribution in [3.05, 3.63) is 24.3 Å². The maximum absolute atomic E-state index is 11.5.